The van der Waals surface area contributed by atoms with Gasteiger partial charge in [0.25, 0.3) is 0 Å². The summed E-state index contributed by atoms with van der Waals surface area (Å²) in [5, 5.41) is 0. The molecule has 4 N–H and O–H groups in total. The molecule has 0 saturated carbocycles. The zero-order valence-electron chi connectivity index (χ0n) is 10.8. The molecule has 20 heavy (non-hydrogen) atoms. The lowest BCUT2D eigenvalue weighted by Crippen LogP contribution is -1.99. The molecule has 0 heterocycles. The Balaban J connectivity index is 2.88. The molecule has 0 aliphatic heterocycles. The zero-order valence-corrected chi connectivity index (χ0v) is 12.5. The van der Waals surface area contributed by atoms with Gasteiger partial charge in [0.1, 0.15) is 11.5 Å². The van der Waals surface area contributed by atoms with Crippen LogP contribution in [0.15, 0.2) is 18.2 Å². The van der Waals surface area contributed by atoms with E-state index in [2.05, 4.69) is 13.4 Å². The monoisotopic (exact) mass is 327 g/mol. The van der Waals surface area contributed by atoms with Crippen molar-refractivity contribution >= 4 is 21.3 Å². The van der Waals surface area contributed by atoms with Crippen molar-refractivity contribution in [1.82, 2.24) is 0 Å². The van der Waals surface area contributed by atoms with Gasteiger partial charge in [-0.15, -0.1) is 0 Å². The molecular formula is C9H15NO8P2. The summed E-state index contributed by atoms with van der Waals surface area (Å²) in [6.45, 7) is 1.23. The molecule has 2 unspecified atom stereocenters. The summed E-state index contributed by atoms with van der Waals surface area (Å²) in [5.41, 5.74) is 5.73. The minimum atomic E-state index is -4.87. The van der Waals surface area contributed by atoms with E-state index in [1.807, 2.05) is 0 Å². The van der Waals surface area contributed by atoms with Crippen LogP contribution in [0.5, 0.6) is 11.5 Å². The third-order valence-corrected chi connectivity index (χ3v) is 4.53. The molecular weight excluding hydrogens is 312 g/mol. The second kappa shape index (κ2) is 6.58. The van der Waals surface area contributed by atoms with Crippen LogP contribution in [0.25, 0.3) is 0 Å². The van der Waals surface area contributed by atoms with Crippen LogP contribution in [0.4, 0.5) is 5.69 Å². The molecule has 0 aromatic heterocycles. The number of rotatable bonds is 7. The maximum Gasteiger partial charge on any atom is 0.536 e. The molecule has 0 bridgehead atoms. The number of anilines is 1. The molecule has 2 atom stereocenters. The summed E-state index contributed by atoms with van der Waals surface area (Å²) >= 11 is 0. The second-order valence-corrected chi connectivity index (χ2v) is 6.44. The van der Waals surface area contributed by atoms with Gasteiger partial charge in [-0.3, -0.25) is 9.42 Å². The van der Waals surface area contributed by atoms with Gasteiger partial charge in [0.2, 0.25) is 0 Å². The Morgan fingerprint density at radius 3 is 2.30 bits per heavy atom. The molecule has 9 nitrogen and oxygen atoms in total. The normalized spacial score (nSPS) is 17.0. The number of methoxy groups -OCH3 is 1. The Bertz CT molecular complexity index is 563. The summed E-state index contributed by atoms with van der Waals surface area (Å²) in [5.74, 6) is 0.112. The molecule has 1 rings (SSSR count). The average molecular weight is 327 g/mol. The molecule has 0 aliphatic rings. The number of nitrogens with two attached hydrogens (primary N) is 1. The van der Waals surface area contributed by atoms with Crippen LogP contribution in [-0.4, -0.2) is 23.5 Å². The van der Waals surface area contributed by atoms with Gasteiger partial charge in [-0.2, -0.15) is 4.31 Å². The number of hydrogen-bond acceptors (Lipinski definition) is 7. The van der Waals surface area contributed by atoms with Gasteiger partial charge in [0, 0.05) is 23.9 Å². The average Bonchev–Trinajstić information content (AvgIpc) is 2.25. The van der Waals surface area contributed by atoms with Crippen molar-refractivity contribution in [3.8, 4) is 11.5 Å². The predicted octanol–water partition coefficient (Wildman–Crippen LogP) is 1.91. The van der Waals surface area contributed by atoms with Gasteiger partial charge in [-0.25, -0.2) is 9.13 Å². The molecule has 0 amide bonds. The highest BCUT2D eigenvalue weighted by molar-refractivity contribution is 7.61. The molecule has 11 heteroatoms. The van der Waals surface area contributed by atoms with Crippen LogP contribution >= 0.6 is 15.6 Å². The van der Waals surface area contributed by atoms with Crippen molar-refractivity contribution in [3.05, 3.63) is 18.2 Å². The fourth-order valence-corrected chi connectivity index (χ4v) is 3.29. The maximum atomic E-state index is 11.6. The first kappa shape index (κ1) is 17.0. The van der Waals surface area contributed by atoms with E-state index >= 15 is 0 Å². The van der Waals surface area contributed by atoms with Crippen molar-refractivity contribution in [3.63, 3.8) is 0 Å². The third kappa shape index (κ3) is 5.50. The highest BCUT2D eigenvalue weighted by atomic mass is 31.3. The van der Waals surface area contributed by atoms with Crippen molar-refractivity contribution in [2.45, 2.75) is 6.92 Å². The van der Waals surface area contributed by atoms with Crippen LogP contribution in [0.3, 0.4) is 0 Å². The van der Waals surface area contributed by atoms with E-state index in [9.17, 15) is 14.0 Å². The zero-order chi connectivity index (χ0) is 15.4. The smallest absolute Gasteiger partial charge is 0.497 e. The van der Waals surface area contributed by atoms with Crippen LogP contribution < -0.4 is 15.0 Å². The fraction of sp³-hybridized carbons (Fsp3) is 0.333. The van der Waals surface area contributed by atoms with Gasteiger partial charge >= 0.3 is 15.6 Å². The summed E-state index contributed by atoms with van der Waals surface area (Å²) in [7, 11) is -8.18. The molecule has 0 fully saturated rings. The van der Waals surface area contributed by atoms with Gasteiger partial charge in [0.15, 0.2) is 0 Å². The SMILES string of the molecule is CCOP(=O)(O)OP(=O)(O)Oc1cc(N)cc(OC)c1. The van der Waals surface area contributed by atoms with E-state index in [4.69, 9.17) is 15.4 Å². The third-order valence-electron chi connectivity index (χ3n) is 1.86. The standard InChI is InChI=1S/C9H15NO8P2/c1-3-16-19(11,12)18-20(13,14)17-9-5-7(10)4-8(6-9)15-2/h4-6H,3,10H2,1-2H3,(H,11,12)(H,13,14). The van der Waals surface area contributed by atoms with E-state index in [0.29, 0.717) is 0 Å². The van der Waals surface area contributed by atoms with Crippen molar-refractivity contribution in [1.29, 1.82) is 0 Å². The van der Waals surface area contributed by atoms with Crippen LogP contribution in [0, 0.1) is 0 Å². The lowest BCUT2D eigenvalue weighted by Gasteiger charge is -2.16. The predicted molar refractivity (Wildman–Crippen MR) is 70.4 cm³/mol. The molecule has 1 aromatic rings. The molecule has 0 radical (unpaired) electrons. The largest absolute Gasteiger partial charge is 0.536 e. The Morgan fingerprint density at radius 2 is 1.75 bits per heavy atom. The van der Waals surface area contributed by atoms with E-state index in [-0.39, 0.29) is 23.8 Å². The van der Waals surface area contributed by atoms with Gasteiger partial charge in [0.05, 0.1) is 13.7 Å². The molecule has 0 aliphatic carbocycles. The Hall–Kier alpha value is -1.08. The summed E-state index contributed by atoms with van der Waals surface area (Å²) in [4.78, 5) is 18.5. The highest BCUT2D eigenvalue weighted by Crippen LogP contribution is 2.60. The van der Waals surface area contributed by atoms with E-state index < -0.39 is 15.6 Å². The van der Waals surface area contributed by atoms with Crippen molar-refractivity contribution < 1.29 is 37.0 Å². The summed E-state index contributed by atoms with van der Waals surface area (Å²) < 4.78 is 40.8. The van der Waals surface area contributed by atoms with Gasteiger partial charge in [-0.1, -0.05) is 0 Å². The second-order valence-electron chi connectivity index (χ2n) is 3.47. The number of phosphoric ester groups is 2. The maximum absolute atomic E-state index is 11.6. The first-order valence-corrected chi connectivity index (χ1v) is 8.32. The van der Waals surface area contributed by atoms with Gasteiger partial charge < -0.3 is 19.9 Å². The van der Waals surface area contributed by atoms with Crippen LogP contribution in [-0.2, 0) is 18.0 Å². The Kier molecular flexibility index (Phi) is 5.59. The lowest BCUT2D eigenvalue weighted by molar-refractivity contribution is 0.187. The number of ether oxygens (including phenoxy) is 1. The highest BCUT2D eigenvalue weighted by Gasteiger charge is 2.36. The minimum absolute atomic E-state index is 0.163. The first-order chi connectivity index (χ1) is 9.17. The summed E-state index contributed by atoms with van der Waals surface area (Å²) in [6.07, 6.45) is 0. The molecule has 1 aromatic carbocycles. The van der Waals surface area contributed by atoms with Crippen molar-refractivity contribution in [2.24, 2.45) is 0 Å². The first-order valence-electron chi connectivity index (χ1n) is 5.33. The fourth-order valence-electron chi connectivity index (χ4n) is 1.23. The van der Waals surface area contributed by atoms with Crippen molar-refractivity contribution in [2.75, 3.05) is 19.5 Å². The quantitative estimate of drug-likeness (QED) is 0.506. The topological polar surface area (TPSA) is 138 Å². The minimum Gasteiger partial charge on any atom is -0.497 e. The Labute approximate surface area is 115 Å². The molecule has 0 spiro atoms. The molecule has 0 saturated heterocycles. The van der Waals surface area contributed by atoms with E-state index in [0.717, 1.165) is 0 Å². The number of hydrogen-bond donors (Lipinski definition) is 3. The molecule has 114 valence electrons. The van der Waals surface area contributed by atoms with Gasteiger partial charge in [-0.05, 0) is 6.92 Å². The van der Waals surface area contributed by atoms with E-state index in [1.54, 1.807) is 0 Å². The van der Waals surface area contributed by atoms with Crippen LogP contribution in [0.2, 0.25) is 0 Å². The Morgan fingerprint density at radius 1 is 1.15 bits per heavy atom. The lowest BCUT2D eigenvalue weighted by atomic mass is 10.3. The number of phosphoric acid groups is 2. The summed E-state index contributed by atoms with van der Waals surface area (Å²) in [6, 6.07) is 3.93. The number of benzene rings is 1. The number of nitrogen functional groups attached to an aromatic ring is 1. The van der Waals surface area contributed by atoms with Crippen LogP contribution in [0.1, 0.15) is 6.92 Å². The van der Waals surface area contributed by atoms with E-state index in [1.165, 1.54) is 32.2 Å².